The Labute approximate surface area is 172 Å². The summed E-state index contributed by atoms with van der Waals surface area (Å²) in [7, 11) is 0. The molecule has 0 fully saturated rings. The molecule has 1 amide bonds. The van der Waals surface area contributed by atoms with Crippen molar-refractivity contribution in [1.29, 1.82) is 0 Å². The number of fused-ring (bicyclic) bond motifs is 1. The summed E-state index contributed by atoms with van der Waals surface area (Å²) >= 11 is 0. The number of carbonyl (C=O) groups excluding carboxylic acids is 1. The Morgan fingerprint density at radius 1 is 1.40 bits per heavy atom. The van der Waals surface area contributed by atoms with Gasteiger partial charge in [-0.05, 0) is 33.1 Å². The van der Waals surface area contributed by atoms with Crippen LogP contribution in [0.4, 0.5) is 13.2 Å². The van der Waals surface area contributed by atoms with Crippen molar-refractivity contribution in [2.75, 3.05) is 13.2 Å². The molecule has 0 unspecified atom stereocenters. The van der Waals surface area contributed by atoms with E-state index in [-0.39, 0.29) is 11.8 Å². The number of allylic oxidation sites excluding steroid dienone is 3. The maximum absolute atomic E-state index is 12.4. The highest BCUT2D eigenvalue weighted by atomic mass is 19.4. The van der Waals surface area contributed by atoms with Gasteiger partial charge in [-0.2, -0.15) is 18.3 Å². The molecule has 2 aromatic rings. The first kappa shape index (κ1) is 23.1. The van der Waals surface area contributed by atoms with Gasteiger partial charge in [0.25, 0.3) is 5.91 Å². The zero-order valence-electron chi connectivity index (χ0n) is 17.1. The average Bonchev–Trinajstić information content (AvgIpc) is 3.07. The number of pyridine rings is 1. The van der Waals surface area contributed by atoms with Crippen molar-refractivity contribution in [2.24, 2.45) is 4.99 Å². The average molecular weight is 423 g/mol. The highest BCUT2D eigenvalue weighted by Gasteiger charge is 2.29. The molecule has 0 saturated carbocycles. The molecule has 2 rings (SSSR count). The number of hydrogen-bond acceptors (Lipinski definition) is 5. The van der Waals surface area contributed by atoms with E-state index in [2.05, 4.69) is 27.1 Å². The Hall–Kier alpha value is -3.17. The van der Waals surface area contributed by atoms with Crippen molar-refractivity contribution in [1.82, 2.24) is 20.1 Å². The number of carbonyl (C=O) groups is 1. The molecule has 2 heterocycles. The molecule has 2 aromatic heterocycles. The fourth-order valence-electron chi connectivity index (χ4n) is 2.74. The molecule has 0 aromatic carbocycles. The van der Waals surface area contributed by atoms with Crippen LogP contribution in [0.1, 0.15) is 37.7 Å². The number of halogens is 3. The monoisotopic (exact) mass is 423 g/mol. The summed E-state index contributed by atoms with van der Waals surface area (Å²) in [6.07, 6.45) is 1.24. The Morgan fingerprint density at radius 3 is 2.77 bits per heavy atom. The lowest BCUT2D eigenvalue weighted by Gasteiger charge is -2.11. The van der Waals surface area contributed by atoms with Gasteiger partial charge in [0, 0.05) is 24.5 Å². The Morgan fingerprint density at radius 2 is 2.13 bits per heavy atom. The predicted molar refractivity (Wildman–Crippen MR) is 108 cm³/mol. The van der Waals surface area contributed by atoms with Gasteiger partial charge in [-0.3, -0.25) is 14.5 Å². The lowest BCUT2D eigenvalue weighted by Crippen LogP contribution is -2.25. The van der Waals surface area contributed by atoms with E-state index in [1.54, 1.807) is 36.9 Å². The van der Waals surface area contributed by atoms with Crippen molar-refractivity contribution in [2.45, 2.75) is 39.9 Å². The standard InChI is InChI=1S/C20H24F3N5O2/c1-5-7-26-18(29)17-15-11-28(27-16(15)6-8-25-17)10-13(2)9-14(3)19(24-4)30-12-20(21,22)23/h6,8-9,11H,4-5,7,10,12H2,1-3H3,(H,26,29)/b13-9+,19-14+. The van der Waals surface area contributed by atoms with E-state index in [1.165, 1.54) is 6.20 Å². The summed E-state index contributed by atoms with van der Waals surface area (Å²) in [6.45, 7) is 8.07. The second kappa shape index (κ2) is 10.0. The largest absolute Gasteiger partial charge is 0.468 e. The molecule has 0 atom stereocenters. The third-order valence-corrected chi connectivity index (χ3v) is 3.96. The van der Waals surface area contributed by atoms with Crippen molar-refractivity contribution < 1.29 is 22.7 Å². The second-order valence-corrected chi connectivity index (χ2v) is 6.72. The number of alkyl halides is 3. The van der Waals surface area contributed by atoms with Gasteiger partial charge in [0.2, 0.25) is 5.88 Å². The van der Waals surface area contributed by atoms with Crippen LogP contribution in [0.15, 0.2) is 46.6 Å². The number of amides is 1. The van der Waals surface area contributed by atoms with Crippen molar-refractivity contribution >= 4 is 23.5 Å². The summed E-state index contributed by atoms with van der Waals surface area (Å²) < 4.78 is 43.4. The minimum Gasteiger partial charge on any atom is -0.468 e. The molecule has 0 aliphatic carbocycles. The molecule has 1 N–H and O–H groups in total. The molecule has 0 aliphatic heterocycles. The number of rotatable bonds is 9. The van der Waals surface area contributed by atoms with E-state index in [0.29, 0.717) is 35.3 Å². The smallest absolute Gasteiger partial charge is 0.422 e. The molecular weight excluding hydrogens is 399 g/mol. The molecule has 0 radical (unpaired) electrons. The number of hydrogen-bond donors (Lipinski definition) is 1. The highest BCUT2D eigenvalue weighted by molar-refractivity contribution is 6.04. The minimum absolute atomic E-state index is 0.184. The summed E-state index contributed by atoms with van der Waals surface area (Å²) in [6, 6.07) is 1.71. The predicted octanol–water partition coefficient (Wildman–Crippen LogP) is 4.03. The Balaban J connectivity index is 2.21. The van der Waals surface area contributed by atoms with Crippen LogP contribution in [0.25, 0.3) is 10.9 Å². The lowest BCUT2D eigenvalue weighted by molar-refractivity contribution is -0.165. The number of ether oxygens (including phenoxy) is 1. The van der Waals surface area contributed by atoms with Gasteiger partial charge in [-0.25, -0.2) is 4.99 Å². The summed E-state index contributed by atoms with van der Waals surface area (Å²) in [5, 5.41) is 7.85. The molecule has 0 spiro atoms. The first-order valence-electron chi connectivity index (χ1n) is 9.29. The van der Waals surface area contributed by atoms with Crippen LogP contribution in [-0.2, 0) is 11.3 Å². The minimum atomic E-state index is -4.46. The Kier molecular flexibility index (Phi) is 7.73. The number of aromatic nitrogens is 3. The number of nitrogens with one attached hydrogen (secondary N) is 1. The van der Waals surface area contributed by atoms with Gasteiger partial charge in [0.05, 0.1) is 17.4 Å². The van der Waals surface area contributed by atoms with Crippen LogP contribution in [0.3, 0.4) is 0 Å². The molecule has 0 saturated heterocycles. The fraction of sp³-hybridized carbons (Fsp3) is 0.400. The van der Waals surface area contributed by atoms with E-state index in [9.17, 15) is 18.0 Å². The summed E-state index contributed by atoms with van der Waals surface area (Å²) in [5.41, 5.74) is 2.11. The molecule has 7 nitrogen and oxygen atoms in total. The molecule has 30 heavy (non-hydrogen) atoms. The third kappa shape index (κ3) is 6.43. The Bertz CT molecular complexity index is 976. The topological polar surface area (TPSA) is 81.4 Å². The van der Waals surface area contributed by atoms with Crippen LogP contribution < -0.4 is 5.32 Å². The fourth-order valence-corrected chi connectivity index (χ4v) is 2.74. The molecule has 0 aliphatic rings. The van der Waals surface area contributed by atoms with Crippen LogP contribution in [-0.4, -0.2) is 46.7 Å². The van der Waals surface area contributed by atoms with Gasteiger partial charge < -0.3 is 10.1 Å². The van der Waals surface area contributed by atoms with Gasteiger partial charge in [-0.1, -0.05) is 18.6 Å². The molecule has 0 bridgehead atoms. The van der Waals surface area contributed by atoms with Crippen LogP contribution in [0.2, 0.25) is 0 Å². The summed E-state index contributed by atoms with van der Waals surface area (Å²) in [4.78, 5) is 20.0. The SMILES string of the molecule is C=N/C(OCC(F)(F)F)=C(C)\C=C(/C)Cn1cc2c(C(=O)NCCC)nccc2n1. The number of nitrogens with zero attached hydrogens (tertiary/aromatic N) is 4. The van der Waals surface area contributed by atoms with E-state index in [0.717, 1.165) is 12.0 Å². The molecular formula is C20H24F3N5O2. The number of aliphatic imine (C=N–C) groups is 1. The van der Waals surface area contributed by atoms with E-state index in [4.69, 9.17) is 4.74 Å². The van der Waals surface area contributed by atoms with Crippen molar-refractivity contribution in [3.05, 3.63) is 47.3 Å². The zero-order valence-corrected chi connectivity index (χ0v) is 17.1. The zero-order chi connectivity index (χ0) is 22.3. The van der Waals surface area contributed by atoms with Crippen LogP contribution >= 0.6 is 0 Å². The van der Waals surface area contributed by atoms with E-state index < -0.39 is 12.8 Å². The van der Waals surface area contributed by atoms with Crippen molar-refractivity contribution in [3.8, 4) is 0 Å². The maximum atomic E-state index is 12.4. The first-order valence-corrected chi connectivity index (χ1v) is 9.29. The normalized spacial score (nSPS) is 13.2. The quantitative estimate of drug-likeness (QED) is 0.375. The van der Waals surface area contributed by atoms with Crippen LogP contribution in [0, 0.1) is 0 Å². The lowest BCUT2D eigenvalue weighted by atomic mass is 10.2. The third-order valence-electron chi connectivity index (χ3n) is 3.96. The maximum Gasteiger partial charge on any atom is 0.422 e. The van der Waals surface area contributed by atoms with E-state index in [1.807, 2.05) is 6.92 Å². The van der Waals surface area contributed by atoms with Gasteiger partial charge in [0.1, 0.15) is 5.69 Å². The first-order chi connectivity index (χ1) is 14.1. The van der Waals surface area contributed by atoms with Crippen LogP contribution in [0.5, 0.6) is 0 Å². The van der Waals surface area contributed by atoms with Crippen molar-refractivity contribution in [3.63, 3.8) is 0 Å². The summed E-state index contributed by atoms with van der Waals surface area (Å²) in [5.74, 6) is -0.451. The van der Waals surface area contributed by atoms with Gasteiger partial charge in [0.15, 0.2) is 6.61 Å². The highest BCUT2D eigenvalue weighted by Crippen LogP contribution is 2.20. The molecule has 162 valence electrons. The van der Waals surface area contributed by atoms with Gasteiger partial charge in [-0.15, -0.1) is 0 Å². The molecule has 10 heteroatoms. The van der Waals surface area contributed by atoms with Gasteiger partial charge >= 0.3 is 6.18 Å². The second-order valence-electron chi connectivity index (χ2n) is 6.72. The van der Waals surface area contributed by atoms with E-state index >= 15 is 0 Å².